The van der Waals surface area contributed by atoms with Crippen LogP contribution in [0, 0.1) is 0 Å². The van der Waals surface area contributed by atoms with Gasteiger partial charge in [-0.1, -0.05) is 11.6 Å². The lowest BCUT2D eigenvalue weighted by molar-refractivity contribution is 0.870. The smallest absolute Gasteiger partial charge is 0.131 e. The third-order valence-electron chi connectivity index (χ3n) is 2.46. The number of hydrogen-bond donors (Lipinski definition) is 0. The van der Waals surface area contributed by atoms with Crippen molar-refractivity contribution in [2.45, 2.75) is 13.8 Å². The van der Waals surface area contributed by atoms with Crippen LogP contribution in [0.25, 0.3) is 10.2 Å². The Hall–Kier alpha value is -0.800. The molecule has 15 heavy (non-hydrogen) atoms. The molecule has 0 aliphatic heterocycles. The lowest BCUT2D eigenvalue weighted by Gasteiger charge is -2.21. The Balaban J connectivity index is 2.61. The molecule has 0 atom stereocenters. The van der Waals surface area contributed by atoms with Crippen LogP contribution in [0.4, 0.5) is 5.69 Å². The molecule has 4 heteroatoms. The lowest BCUT2D eigenvalue weighted by Crippen LogP contribution is -2.21. The molecule has 80 valence electrons. The molecular formula is C11H13ClN2S. The molecule has 0 spiro atoms. The molecule has 0 unspecified atom stereocenters. The Morgan fingerprint density at radius 3 is 2.80 bits per heavy atom. The highest BCUT2D eigenvalue weighted by Gasteiger charge is 2.10. The number of halogens is 1. The molecule has 0 amide bonds. The molecule has 0 radical (unpaired) electrons. The molecule has 0 aromatic carbocycles. The van der Waals surface area contributed by atoms with Crippen molar-refractivity contribution in [1.29, 1.82) is 0 Å². The Kier molecular flexibility index (Phi) is 3.12. The minimum Gasteiger partial charge on any atom is -0.371 e. The minimum atomic E-state index is 0.572. The van der Waals surface area contributed by atoms with Gasteiger partial charge >= 0.3 is 0 Å². The SMILES string of the molecule is CCN(CC)c1cc(Cl)nc2ccsc12. The van der Waals surface area contributed by atoms with Crippen LogP contribution in [0.5, 0.6) is 0 Å². The molecule has 2 nitrogen and oxygen atoms in total. The first-order chi connectivity index (χ1) is 7.26. The summed E-state index contributed by atoms with van der Waals surface area (Å²) in [6.07, 6.45) is 0. The largest absolute Gasteiger partial charge is 0.371 e. The number of thiophene rings is 1. The van der Waals surface area contributed by atoms with Crippen molar-refractivity contribution < 1.29 is 0 Å². The molecule has 0 N–H and O–H groups in total. The normalized spacial score (nSPS) is 10.9. The molecule has 2 heterocycles. The van der Waals surface area contributed by atoms with Crippen LogP contribution in [0.3, 0.4) is 0 Å². The zero-order valence-electron chi connectivity index (χ0n) is 8.83. The summed E-state index contributed by atoms with van der Waals surface area (Å²) in [7, 11) is 0. The van der Waals surface area contributed by atoms with Crippen molar-refractivity contribution >= 4 is 38.8 Å². The first-order valence-electron chi connectivity index (χ1n) is 5.05. The summed E-state index contributed by atoms with van der Waals surface area (Å²) in [6, 6.07) is 3.96. The van der Waals surface area contributed by atoms with E-state index in [-0.39, 0.29) is 0 Å². The predicted molar refractivity (Wildman–Crippen MR) is 68.2 cm³/mol. The van der Waals surface area contributed by atoms with E-state index < -0.39 is 0 Å². The van der Waals surface area contributed by atoms with Crippen LogP contribution in [-0.4, -0.2) is 18.1 Å². The molecule has 2 aromatic heterocycles. The third kappa shape index (κ3) is 1.94. The van der Waals surface area contributed by atoms with Crippen molar-refractivity contribution in [3.63, 3.8) is 0 Å². The number of anilines is 1. The highest BCUT2D eigenvalue weighted by atomic mass is 35.5. The standard InChI is InChI=1S/C11H13ClN2S/c1-3-14(4-2)9-7-10(12)13-8-5-6-15-11(8)9/h5-7H,3-4H2,1-2H3. The Bertz CT molecular complexity index is 463. The Morgan fingerprint density at radius 1 is 1.40 bits per heavy atom. The quantitative estimate of drug-likeness (QED) is 0.759. The summed E-state index contributed by atoms with van der Waals surface area (Å²) in [4.78, 5) is 6.59. The number of hydrogen-bond acceptors (Lipinski definition) is 3. The van der Waals surface area contributed by atoms with Crippen LogP contribution >= 0.6 is 22.9 Å². The van der Waals surface area contributed by atoms with Crippen LogP contribution in [0.1, 0.15) is 13.8 Å². The van der Waals surface area contributed by atoms with E-state index >= 15 is 0 Å². The van der Waals surface area contributed by atoms with Crippen LogP contribution in [0.15, 0.2) is 17.5 Å². The van der Waals surface area contributed by atoms with Crippen molar-refractivity contribution in [3.8, 4) is 0 Å². The molecule has 0 saturated heterocycles. The van der Waals surface area contributed by atoms with Crippen molar-refractivity contribution in [2.75, 3.05) is 18.0 Å². The van der Waals surface area contributed by atoms with E-state index in [1.165, 1.54) is 10.4 Å². The maximum absolute atomic E-state index is 6.01. The number of aromatic nitrogens is 1. The topological polar surface area (TPSA) is 16.1 Å². The summed E-state index contributed by atoms with van der Waals surface area (Å²) < 4.78 is 1.23. The first-order valence-corrected chi connectivity index (χ1v) is 6.30. The minimum absolute atomic E-state index is 0.572. The molecule has 2 aromatic rings. The van der Waals surface area contributed by atoms with Gasteiger partial charge in [0, 0.05) is 19.2 Å². The van der Waals surface area contributed by atoms with Crippen LogP contribution in [0.2, 0.25) is 5.15 Å². The van der Waals surface area contributed by atoms with Gasteiger partial charge in [-0.05, 0) is 25.3 Å². The van der Waals surface area contributed by atoms with Gasteiger partial charge in [0.2, 0.25) is 0 Å². The summed E-state index contributed by atoms with van der Waals surface area (Å²) >= 11 is 7.72. The van der Waals surface area contributed by atoms with E-state index in [1.807, 2.05) is 12.1 Å². The predicted octanol–water partition coefficient (Wildman–Crippen LogP) is 3.80. The molecule has 0 fully saturated rings. The van der Waals surface area contributed by atoms with Crippen molar-refractivity contribution in [2.24, 2.45) is 0 Å². The highest BCUT2D eigenvalue weighted by Crippen LogP contribution is 2.32. The fourth-order valence-corrected chi connectivity index (χ4v) is 2.78. The molecular weight excluding hydrogens is 228 g/mol. The molecule has 0 bridgehead atoms. The van der Waals surface area contributed by atoms with E-state index in [9.17, 15) is 0 Å². The van der Waals surface area contributed by atoms with Gasteiger partial charge in [0.1, 0.15) is 5.15 Å². The Morgan fingerprint density at radius 2 is 2.13 bits per heavy atom. The van der Waals surface area contributed by atoms with Gasteiger partial charge in [-0.15, -0.1) is 11.3 Å². The highest BCUT2D eigenvalue weighted by molar-refractivity contribution is 7.17. The van der Waals surface area contributed by atoms with E-state index in [4.69, 9.17) is 11.6 Å². The lowest BCUT2D eigenvalue weighted by atomic mass is 10.3. The second-order valence-electron chi connectivity index (χ2n) is 3.27. The maximum atomic E-state index is 6.01. The van der Waals surface area contributed by atoms with E-state index in [0.717, 1.165) is 18.6 Å². The maximum Gasteiger partial charge on any atom is 0.131 e. The van der Waals surface area contributed by atoms with Gasteiger partial charge in [-0.3, -0.25) is 0 Å². The number of nitrogens with zero attached hydrogens (tertiary/aromatic N) is 2. The van der Waals surface area contributed by atoms with E-state index in [2.05, 4.69) is 29.1 Å². The van der Waals surface area contributed by atoms with E-state index in [1.54, 1.807) is 11.3 Å². The molecule has 2 rings (SSSR count). The Labute approximate surface area is 98.5 Å². The summed E-state index contributed by atoms with van der Waals surface area (Å²) in [6.45, 7) is 6.28. The third-order valence-corrected chi connectivity index (χ3v) is 3.58. The van der Waals surface area contributed by atoms with Gasteiger partial charge in [0.25, 0.3) is 0 Å². The second kappa shape index (κ2) is 4.37. The van der Waals surface area contributed by atoms with Gasteiger partial charge < -0.3 is 4.90 Å². The molecule has 0 aliphatic carbocycles. The van der Waals surface area contributed by atoms with Gasteiger partial charge in [0.15, 0.2) is 0 Å². The van der Waals surface area contributed by atoms with Crippen LogP contribution < -0.4 is 4.90 Å². The van der Waals surface area contributed by atoms with E-state index in [0.29, 0.717) is 5.15 Å². The van der Waals surface area contributed by atoms with Gasteiger partial charge in [-0.25, -0.2) is 4.98 Å². The van der Waals surface area contributed by atoms with Crippen molar-refractivity contribution in [3.05, 3.63) is 22.7 Å². The fourth-order valence-electron chi connectivity index (χ4n) is 1.71. The average Bonchev–Trinajstić information content (AvgIpc) is 2.67. The number of rotatable bonds is 3. The number of fused-ring (bicyclic) bond motifs is 1. The zero-order chi connectivity index (χ0) is 10.8. The zero-order valence-corrected chi connectivity index (χ0v) is 10.4. The molecule has 0 saturated carbocycles. The second-order valence-corrected chi connectivity index (χ2v) is 4.57. The summed E-state index contributed by atoms with van der Waals surface area (Å²) in [5.41, 5.74) is 2.19. The van der Waals surface area contributed by atoms with Crippen LogP contribution in [-0.2, 0) is 0 Å². The number of pyridine rings is 1. The summed E-state index contributed by atoms with van der Waals surface area (Å²) in [5, 5.41) is 2.63. The van der Waals surface area contributed by atoms with Gasteiger partial charge in [-0.2, -0.15) is 0 Å². The fraction of sp³-hybridized carbons (Fsp3) is 0.364. The summed E-state index contributed by atoms with van der Waals surface area (Å²) in [5.74, 6) is 0. The van der Waals surface area contributed by atoms with Gasteiger partial charge in [0.05, 0.1) is 15.9 Å². The average molecular weight is 241 g/mol. The monoisotopic (exact) mass is 240 g/mol. The first kappa shape index (κ1) is 10.7. The van der Waals surface area contributed by atoms with Crippen molar-refractivity contribution in [1.82, 2.24) is 4.98 Å². The molecule has 0 aliphatic rings.